The molecule has 0 N–H and O–H groups in total. The minimum absolute atomic E-state index is 0.348. The maximum atomic E-state index is 5.60. The molecule has 0 amide bonds. The molecule has 4 rings (SSSR count). The van der Waals surface area contributed by atoms with Gasteiger partial charge in [-0.25, -0.2) is 0 Å². The molecule has 0 saturated heterocycles. The van der Waals surface area contributed by atoms with Crippen LogP contribution in [-0.4, -0.2) is 20.4 Å². The number of aromatic nitrogens is 4. The van der Waals surface area contributed by atoms with Gasteiger partial charge in [-0.05, 0) is 24.3 Å². The average Bonchev–Trinajstić information content (AvgIpc) is 3.33. The topological polar surface area (TPSA) is 91.0 Å². The van der Waals surface area contributed by atoms with Crippen LogP contribution in [0.15, 0.2) is 67.2 Å². The maximum absolute atomic E-state index is 5.60. The van der Waals surface area contributed by atoms with Crippen molar-refractivity contribution in [3.63, 3.8) is 0 Å². The summed E-state index contributed by atoms with van der Waals surface area (Å²) in [6.45, 7) is 0. The zero-order valence-corrected chi connectivity index (χ0v) is 12.6. The van der Waals surface area contributed by atoms with Crippen LogP contribution in [0.3, 0.4) is 0 Å². The second-order valence-corrected chi connectivity index (χ2v) is 5.43. The molecule has 4 aromatic rings. The van der Waals surface area contributed by atoms with Gasteiger partial charge in [-0.2, -0.15) is 0 Å². The van der Waals surface area contributed by atoms with Crippen LogP contribution in [0.1, 0.15) is 5.89 Å². The van der Waals surface area contributed by atoms with Gasteiger partial charge in [-0.15, -0.1) is 20.4 Å². The Labute approximate surface area is 134 Å². The zero-order valence-electron chi connectivity index (χ0n) is 11.7. The Balaban J connectivity index is 1.43. The fourth-order valence-corrected chi connectivity index (χ4v) is 2.50. The first-order valence-corrected chi connectivity index (χ1v) is 7.75. The van der Waals surface area contributed by atoms with Gasteiger partial charge in [0, 0.05) is 5.56 Å². The largest absolute Gasteiger partial charge is 0.459 e. The number of hydrogen-bond donors (Lipinski definition) is 0. The van der Waals surface area contributed by atoms with Crippen molar-refractivity contribution in [1.82, 2.24) is 20.4 Å². The molecule has 23 heavy (non-hydrogen) atoms. The molecule has 0 bridgehead atoms. The number of rotatable bonds is 5. The van der Waals surface area contributed by atoms with Gasteiger partial charge in [0.15, 0.2) is 5.76 Å². The van der Waals surface area contributed by atoms with Crippen molar-refractivity contribution in [2.75, 3.05) is 0 Å². The SMILES string of the molecule is c1ccc(-c2nnc(SCc3nnc(-c4ccco4)o3)o2)cc1. The standard InChI is InChI=1S/C15H10N4O3S/c1-2-5-10(6-3-1)13-17-19-15(22-13)23-9-12-16-18-14(21-12)11-7-4-8-20-11/h1-8H,9H2. The smallest absolute Gasteiger partial charge is 0.283 e. The number of furan rings is 1. The quantitative estimate of drug-likeness (QED) is 0.513. The highest BCUT2D eigenvalue weighted by Crippen LogP contribution is 2.26. The number of nitrogens with zero attached hydrogens (tertiary/aromatic N) is 4. The Hall–Kier alpha value is -2.87. The molecule has 7 nitrogen and oxygen atoms in total. The van der Waals surface area contributed by atoms with Gasteiger partial charge in [-0.1, -0.05) is 30.0 Å². The van der Waals surface area contributed by atoms with Crippen molar-refractivity contribution in [3.8, 4) is 23.1 Å². The predicted octanol–water partition coefficient (Wildman–Crippen LogP) is 3.67. The minimum Gasteiger partial charge on any atom is -0.459 e. The Kier molecular flexibility index (Phi) is 3.65. The van der Waals surface area contributed by atoms with Gasteiger partial charge < -0.3 is 13.3 Å². The van der Waals surface area contributed by atoms with Crippen LogP contribution in [0.5, 0.6) is 0 Å². The first-order chi connectivity index (χ1) is 11.4. The van der Waals surface area contributed by atoms with E-state index in [1.807, 2.05) is 30.3 Å². The molecule has 3 heterocycles. The highest BCUT2D eigenvalue weighted by Gasteiger charge is 2.13. The highest BCUT2D eigenvalue weighted by atomic mass is 32.2. The first kappa shape index (κ1) is 13.8. The van der Waals surface area contributed by atoms with E-state index in [0.717, 1.165) is 5.56 Å². The lowest BCUT2D eigenvalue weighted by Crippen LogP contribution is -1.80. The van der Waals surface area contributed by atoms with Crippen LogP contribution in [0.2, 0.25) is 0 Å². The van der Waals surface area contributed by atoms with E-state index in [2.05, 4.69) is 20.4 Å². The van der Waals surface area contributed by atoms with Crippen LogP contribution in [0.4, 0.5) is 0 Å². The van der Waals surface area contributed by atoms with Crippen molar-refractivity contribution in [1.29, 1.82) is 0 Å². The van der Waals surface area contributed by atoms with Crippen LogP contribution >= 0.6 is 11.8 Å². The van der Waals surface area contributed by atoms with Crippen molar-refractivity contribution in [2.24, 2.45) is 0 Å². The summed E-state index contributed by atoms with van der Waals surface area (Å²) >= 11 is 1.33. The summed E-state index contributed by atoms with van der Waals surface area (Å²) in [5.41, 5.74) is 0.879. The van der Waals surface area contributed by atoms with Crippen LogP contribution in [-0.2, 0) is 5.75 Å². The van der Waals surface area contributed by atoms with Crippen molar-refractivity contribution >= 4 is 11.8 Å². The molecule has 8 heteroatoms. The second kappa shape index (κ2) is 6.09. The lowest BCUT2D eigenvalue weighted by atomic mass is 10.2. The van der Waals surface area contributed by atoms with E-state index in [1.165, 1.54) is 11.8 Å². The lowest BCUT2D eigenvalue weighted by molar-refractivity contribution is 0.463. The maximum Gasteiger partial charge on any atom is 0.283 e. The first-order valence-electron chi connectivity index (χ1n) is 6.76. The molecule has 0 aliphatic rings. The molecule has 1 aromatic carbocycles. The number of hydrogen-bond acceptors (Lipinski definition) is 8. The summed E-state index contributed by atoms with van der Waals surface area (Å²) in [4.78, 5) is 0. The molecular weight excluding hydrogens is 316 g/mol. The highest BCUT2D eigenvalue weighted by molar-refractivity contribution is 7.98. The third-order valence-electron chi connectivity index (χ3n) is 2.95. The summed E-state index contributed by atoms with van der Waals surface area (Å²) in [5.74, 6) is 2.26. The van der Waals surface area contributed by atoms with Crippen LogP contribution in [0.25, 0.3) is 23.1 Å². The monoisotopic (exact) mass is 326 g/mol. The Morgan fingerprint density at radius 1 is 0.826 bits per heavy atom. The van der Waals surface area contributed by atoms with E-state index in [1.54, 1.807) is 18.4 Å². The van der Waals surface area contributed by atoms with E-state index in [-0.39, 0.29) is 0 Å². The molecule has 0 radical (unpaired) electrons. The molecule has 114 valence electrons. The Morgan fingerprint density at radius 2 is 1.70 bits per heavy atom. The van der Waals surface area contributed by atoms with E-state index in [9.17, 15) is 0 Å². The molecule has 0 fully saturated rings. The van der Waals surface area contributed by atoms with Gasteiger partial charge in [0.2, 0.25) is 11.8 Å². The fourth-order valence-electron chi connectivity index (χ4n) is 1.90. The molecule has 0 atom stereocenters. The van der Waals surface area contributed by atoms with E-state index in [0.29, 0.717) is 34.4 Å². The second-order valence-electron chi connectivity index (χ2n) is 4.51. The van der Waals surface area contributed by atoms with Crippen molar-refractivity contribution < 1.29 is 13.3 Å². The third kappa shape index (κ3) is 3.02. The fraction of sp³-hybridized carbons (Fsp3) is 0.0667. The number of benzene rings is 1. The molecule has 0 spiro atoms. The van der Waals surface area contributed by atoms with E-state index in [4.69, 9.17) is 13.3 Å². The third-order valence-corrected chi connectivity index (χ3v) is 3.75. The Morgan fingerprint density at radius 3 is 2.52 bits per heavy atom. The minimum atomic E-state index is 0.348. The van der Waals surface area contributed by atoms with Crippen LogP contribution in [0, 0.1) is 0 Å². The molecule has 0 aliphatic carbocycles. The zero-order chi connectivity index (χ0) is 15.5. The molecule has 0 saturated carbocycles. The predicted molar refractivity (Wildman–Crippen MR) is 81.3 cm³/mol. The van der Waals surface area contributed by atoms with Gasteiger partial charge >= 0.3 is 0 Å². The number of thioether (sulfide) groups is 1. The summed E-state index contributed by atoms with van der Waals surface area (Å²) in [6, 6.07) is 13.1. The summed E-state index contributed by atoms with van der Waals surface area (Å²) in [7, 11) is 0. The van der Waals surface area contributed by atoms with Gasteiger partial charge in [0.05, 0.1) is 12.0 Å². The normalized spacial score (nSPS) is 11.0. The van der Waals surface area contributed by atoms with Gasteiger partial charge in [0.1, 0.15) is 0 Å². The van der Waals surface area contributed by atoms with Crippen LogP contribution < -0.4 is 0 Å². The summed E-state index contributed by atoms with van der Waals surface area (Å²) < 4.78 is 16.3. The van der Waals surface area contributed by atoms with Crippen molar-refractivity contribution in [2.45, 2.75) is 11.0 Å². The van der Waals surface area contributed by atoms with Gasteiger partial charge in [0.25, 0.3) is 11.1 Å². The Bertz CT molecular complexity index is 887. The van der Waals surface area contributed by atoms with E-state index < -0.39 is 0 Å². The lowest BCUT2D eigenvalue weighted by Gasteiger charge is -1.92. The molecule has 0 aliphatic heterocycles. The van der Waals surface area contributed by atoms with E-state index >= 15 is 0 Å². The summed E-state index contributed by atoms with van der Waals surface area (Å²) in [5, 5.41) is 16.4. The molecular formula is C15H10N4O3S. The molecule has 0 unspecified atom stereocenters. The van der Waals surface area contributed by atoms with Crippen molar-refractivity contribution in [3.05, 3.63) is 54.6 Å². The van der Waals surface area contributed by atoms with Gasteiger partial charge in [-0.3, -0.25) is 0 Å². The average molecular weight is 326 g/mol. The molecule has 3 aromatic heterocycles. The summed E-state index contributed by atoms with van der Waals surface area (Å²) in [6.07, 6.45) is 1.55.